The summed E-state index contributed by atoms with van der Waals surface area (Å²) >= 11 is 0. The Morgan fingerprint density at radius 2 is 2.21 bits per heavy atom. The van der Waals surface area contributed by atoms with Crippen LogP contribution in [-0.2, 0) is 0 Å². The maximum atomic E-state index is 10.7. The van der Waals surface area contributed by atoms with Gasteiger partial charge < -0.3 is 0 Å². The van der Waals surface area contributed by atoms with Gasteiger partial charge in [0, 0.05) is 11.6 Å². The van der Waals surface area contributed by atoms with Crippen LogP contribution in [0.5, 0.6) is 0 Å². The molecule has 0 radical (unpaired) electrons. The van der Waals surface area contributed by atoms with Crippen LogP contribution in [0.15, 0.2) is 18.2 Å². The van der Waals surface area contributed by atoms with Crippen molar-refractivity contribution < 1.29 is 4.79 Å². The molecule has 0 bridgehead atoms. The van der Waals surface area contributed by atoms with E-state index in [-0.39, 0.29) is 6.04 Å². The highest BCUT2D eigenvalue weighted by molar-refractivity contribution is 5.93. The summed E-state index contributed by atoms with van der Waals surface area (Å²) in [5.41, 5.74) is 2.18. The van der Waals surface area contributed by atoms with E-state index >= 15 is 0 Å². The van der Waals surface area contributed by atoms with Gasteiger partial charge in [-0.3, -0.25) is 4.79 Å². The van der Waals surface area contributed by atoms with Crippen LogP contribution in [-0.4, -0.2) is 21.3 Å². The quantitative estimate of drug-likeness (QED) is 0.677. The first-order valence-corrected chi connectivity index (χ1v) is 4.53. The van der Waals surface area contributed by atoms with Crippen molar-refractivity contribution in [2.75, 3.05) is 0 Å². The van der Waals surface area contributed by atoms with Crippen LogP contribution < -0.4 is 0 Å². The SMILES string of the molecule is CC(C)n1nnc2c(C=O)cccc21. The van der Waals surface area contributed by atoms with Crippen molar-refractivity contribution in [1.29, 1.82) is 0 Å². The zero-order valence-corrected chi connectivity index (χ0v) is 8.14. The van der Waals surface area contributed by atoms with E-state index < -0.39 is 0 Å². The summed E-state index contributed by atoms with van der Waals surface area (Å²) < 4.78 is 1.81. The Balaban J connectivity index is 2.75. The van der Waals surface area contributed by atoms with Crippen LogP contribution in [0, 0.1) is 0 Å². The van der Waals surface area contributed by atoms with Gasteiger partial charge in [0.25, 0.3) is 0 Å². The Bertz CT molecular complexity index is 473. The maximum Gasteiger partial charge on any atom is 0.152 e. The molecule has 0 spiro atoms. The number of carbonyl (C=O) groups is 1. The van der Waals surface area contributed by atoms with Crippen LogP contribution in [0.1, 0.15) is 30.2 Å². The van der Waals surface area contributed by atoms with E-state index in [1.807, 2.05) is 30.7 Å². The first kappa shape index (κ1) is 8.87. The van der Waals surface area contributed by atoms with Crippen LogP contribution >= 0.6 is 0 Å². The molecule has 1 aromatic heterocycles. The first-order valence-electron chi connectivity index (χ1n) is 4.53. The van der Waals surface area contributed by atoms with Crippen LogP contribution in [0.4, 0.5) is 0 Å². The molecular weight excluding hydrogens is 178 g/mol. The second kappa shape index (κ2) is 3.21. The predicted octanol–water partition coefficient (Wildman–Crippen LogP) is 1.82. The first-order chi connectivity index (χ1) is 6.74. The number of carbonyl (C=O) groups excluding carboxylic acids is 1. The molecule has 4 nitrogen and oxygen atoms in total. The summed E-state index contributed by atoms with van der Waals surface area (Å²) in [6, 6.07) is 5.76. The van der Waals surface area contributed by atoms with E-state index in [1.165, 1.54) is 0 Å². The van der Waals surface area contributed by atoms with Crippen molar-refractivity contribution in [3.05, 3.63) is 23.8 Å². The normalized spacial score (nSPS) is 11.1. The molecule has 0 aliphatic rings. The van der Waals surface area contributed by atoms with Gasteiger partial charge in [-0.25, -0.2) is 4.68 Å². The van der Waals surface area contributed by atoms with Gasteiger partial charge in [0.1, 0.15) is 5.52 Å². The molecule has 0 saturated heterocycles. The van der Waals surface area contributed by atoms with Crippen molar-refractivity contribution in [2.45, 2.75) is 19.9 Å². The zero-order chi connectivity index (χ0) is 10.1. The third-order valence-corrected chi connectivity index (χ3v) is 2.15. The van der Waals surface area contributed by atoms with Crippen molar-refractivity contribution in [2.24, 2.45) is 0 Å². The molecule has 0 fully saturated rings. The topological polar surface area (TPSA) is 47.8 Å². The Kier molecular flexibility index (Phi) is 2.04. The minimum atomic E-state index is 0.252. The van der Waals surface area contributed by atoms with Gasteiger partial charge >= 0.3 is 0 Å². The number of aromatic nitrogens is 3. The molecule has 0 aliphatic heterocycles. The van der Waals surface area contributed by atoms with Crippen molar-refractivity contribution in [3.63, 3.8) is 0 Å². The molecule has 1 heterocycles. The Morgan fingerprint density at radius 3 is 2.86 bits per heavy atom. The summed E-state index contributed by atoms with van der Waals surface area (Å²) in [6.45, 7) is 4.06. The van der Waals surface area contributed by atoms with Crippen LogP contribution in [0.3, 0.4) is 0 Å². The molecule has 2 rings (SSSR count). The molecule has 4 heteroatoms. The maximum absolute atomic E-state index is 10.7. The minimum Gasteiger partial charge on any atom is -0.298 e. The lowest BCUT2D eigenvalue weighted by atomic mass is 10.2. The second-order valence-electron chi connectivity index (χ2n) is 3.46. The Hall–Kier alpha value is -1.71. The molecule has 14 heavy (non-hydrogen) atoms. The van der Waals surface area contributed by atoms with E-state index in [2.05, 4.69) is 10.3 Å². The number of hydrogen-bond donors (Lipinski definition) is 0. The van der Waals surface area contributed by atoms with E-state index in [0.717, 1.165) is 11.8 Å². The van der Waals surface area contributed by atoms with E-state index in [1.54, 1.807) is 6.07 Å². The Morgan fingerprint density at radius 1 is 1.43 bits per heavy atom. The molecule has 0 unspecified atom stereocenters. The van der Waals surface area contributed by atoms with Gasteiger partial charge in [0.2, 0.25) is 0 Å². The van der Waals surface area contributed by atoms with Crippen molar-refractivity contribution in [3.8, 4) is 0 Å². The molecule has 0 amide bonds. The molecule has 0 aliphatic carbocycles. The zero-order valence-electron chi connectivity index (χ0n) is 8.14. The lowest BCUT2D eigenvalue weighted by Gasteiger charge is -2.04. The number of rotatable bonds is 2. The van der Waals surface area contributed by atoms with Crippen molar-refractivity contribution in [1.82, 2.24) is 15.0 Å². The van der Waals surface area contributed by atoms with Crippen LogP contribution in [0.25, 0.3) is 11.0 Å². The fourth-order valence-corrected chi connectivity index (χ4v) is 1.46. The number of fused-ring (bicyclic) bond motifs is 1. The van der Waals surface area contributed by atoms with Gasteiger partial charge in [0.05, 0.1) is 5.52 Å². The smallest absolute Gasteiger partial charge is 0.152 e. The highest BCUT2D eigenvalue weighted by Gasteiger charge is 2.09. The van der Waals surface area contributed by atoms with E-state index in [9.17, 15) is 4.79 Å². The summed E-state index contributed by atoms with van der Waals surface area (Å²) in [4.78, 5) is 10.7. The number of nitrogens with zero attached hydrogens (tertiary/aromatic N) is 3. The molecule has 0 N–H and O–H groups in total. The fraction of sp³-hybridized carbons (Fsp3) is 0.300. The van der Waals surface area contributed by atoms with E-state index in [0.29, 0.717) is 11.1 Å². The largest absolute Gasteiger partial charge is 0.298 e. The standard InChI is InChI=1S/C10H11N3O/c1-7(2)13-9-5-3-4-8(6-14)10(9)11-12-13/h3-7H,1-2H3. The van der Waals surface area contributed by atoms with Gasteiger partial charge in [-0.05, 0) is 26.0 Å². The molecule has 72 valence electrons. The highest BCUT2D eigenvalue weighted by atomic mass is 16.1. The Labute approximate surface area is 81.5 Å². The average Bonchev–Trinajstić information content (AvgIpc) is 2.60. The fourth-order valence-electron chi connectivity index (χ4n) is 1.46. The summed E-state index contributed by atoms with van der Waals surface area (Å²) in [5.74, 6) is 0. The van der Waals surface area contributed by atoms with Gasteiger partial charge in [-0.2, -0.15) is 0 Å². The summed E-state index contributed by atoms with van der Waals surface area (Å²) in [6.07, 6.45) is 0.807. The molecule has 1 aromatic carbocycles. The molecule has 0 atom stereocenters. The monoisotopic (exact) mass is 189 g/mol. The minimum absolute atomic E-state index is 0.252. The predicted molar refractivity (Wildman–Crippen MR) is 53.3 cm³/mol. The number of benzene rings is 1. The average molecular weight is 189 g/mol. The summed E-state index contributed by atoms with van der Waals surface area (Å²) in [5, 5.41) is 8.00. The second-order valence-corrected chi connectivity index (χ2v) is 3.46. The molecule has 2 aromatic rings. The lowest BCUT2D eigenvalue weighted by Crippen LogP contribution is -2.02. The highest BCUT2D eigenvalue weighted by Crippen LogP contribution is 2.17. The van der Waals surface area contributed by atoms with Crippen LogP contribution in [0.2, 0.25) is 0 Å². The van der Waals surface area contributed by atoms with Crippen molar-refractivity contribution >= 4 is 17.3 Å². The number of hydrogen-bond acceptors (Lipinski definition) is 3. The van der Waals surface area contributed by atoms with Gasteiger partial charge in [-0.15, -0.1) is 5.10 Å². The third-order valence-electron chi connectivity index (χ3n) is 2.15. The third kappa shape index (κ3) is 1.19. The molecular formula is C10H11N3O. The van der Waals surface area contributed by atoms with E-state index in [4.69, 9.17) is 0 Å². The van der Waals surface area contributed by atoms with Gasteiger partial charge in [-0.1, -0.05) is 11.3 Å². The molecule has 0 saturated carbocycles. The lowest BCUT2D eigenvalue weighted by molar-refractivity contribution is 0.112. The van der Waals surface area contributed by atoms with Gasteiger partial charge in [0.15, 0.2) is 6.29 Å². The number of aldehydes is 1. The summed E-state index contributed by atoms with van der Waals surface area (Å²) in [7, 11) is 0.